The van der Waals surface area contributed by atoms with Gasteiger partial charge < -0.3 is 10.5 Å². The van der Waals surface area contributed by atoms with Crippen molar-refractivity contribution in [1.82, 2.24) is 15.0 Å². The van der Waals surface area contributed by atoms with E-state index in [0.29, 0.717) is 11.4 Å². The van der Waals surface area contributed by atoms with Crippen molar-refractivity contribution in [2.75, 3.05) is 12.8 Å². The van der Waals surface area contributed by atoms with Crippen molar-refractivity contribution in [3.63, 3.8) is 0 Å². The smallest absolute Gasteiger partial charge is 0.141 e. The Morgan fingerprint density at radius 3 is 2.58 bits per heavy atom. The molecular formula is C19H16N4O. The SMILES string of the molecule is COc1ccc(-n2cc(-c3ccc4ccccc4c3)nn2)cc1N. The summed E-state index contributed by atoms with van der Waals surface area (Å²) in [5, 5.41) is 10.9. The van der Waals surface area contributed by atoms with E-state index < -0.39 is 0 Å². The number of fused-ring (bicyclic) bond motifs is 1. The second-order valence-electron chi connectivity index (χ2n) is 5.54. The number of nitrogens with zero attached hydrogens (tertiary/aromatic N) is 3. The molecule has 0 fully saturated rings. The minimum atomic E-state index is 0.567. The Bertz CT molecular complexity index is 1020. The summed E-state index contributed by atoms with van der Waals surface area (Å²) in [6, 6.07) is 20.0. The molecule has 0 spiro atoms. The Labute approximate surface area is 139 Å². The van der Waals surface area contributed by atoms with Crippen molar-refractivity contribution in [2.24, 2.45) is 0 Å². The van der Waals surface area contributed by atoms with Crippen LogP contribution in [0.1, 0.15) is 0 Å². The molecule has 1 heterocycles. The lowest BCUT2D eigenvalue weighted by molar-refractivity contribution is 0.417. The maximum atomic E-state index is 5.96. The minimum Gasteiger partial charge on any atom is -0.495 e. The van der Waals surface area contributed by atoms with Gasteiger partial charge in [0, 0.05) is 5.56 Å². The van der Waals surface area contributed by atoms with Crippen molar-refractivity contribution < 1.29 is 4.74 Å². The molecule has 0 amide bonds. The lowest BCUT2D eigenvalue weighted by atomic mass is 10.1. The number of nitrogens with two attached hydrogens (primary N) is 1. The number of nitrogen functional groups attached to an aromatic ring is 1. The lowest BCUT2D eigenvalue weighted by Crippen LogP contribution is -1.98. The number of anilines is 1. The number of rotatable bonds is 3. The summed E-state index contributed by atoms with van der Waals surface area (Å²) in [6.07, 6.45) is 1.89. The quantitative estimate of drug-likeness (QED) is 0.586. The van der Waals surface area contributed by atoms with Crippen LogP contribution in [0.25, 0.3) is 27.7 Å². The summed E-state index contributed by atoms with van der Waals surface area (Å²) < 4.78 is 6.89. The first-order valence-corrected chi connectivity index (χ1v) is 7.60. The molecule has 4 aromatic rings. The Balaban J connectivity index is 1.72. The second-order valence-corrected chi connectivity index (χ2v) is 5.54. The van der Waals surface area contributed by atoms with E-state index in [1.807, 2.05) is 36.5 Å². The van der Waals surface area contributed by atoms with Crippen LogP contribution < -0.4 is 10.5 Å². The van der Waals surface area contributed by atoms with Gasteiger partial charge in [-0.1, -0.05) is 41.6 Å². The number of hydrogen-bond acceptors (Lipinski definition) is 4. The summed E-state index contributed by atoms with van der Waals surface area (Å²) in [5.74, 6) is 0.647. The van der Waals surface area contributed by atoms with Gasteiger partial charge in [0.05, 0.1) is 24.7 Å². The zero-order valence-corrected chi connectivity index (χ0v) is 13.2. The molecule has 0 radical (unpaired) electrons. The maximum absolute atomic E-state index is 5.96. The van der Waals surface area contributed by atoms with Crippen molar-refractivity contribution in [3.05, 3.63) is 66.9 Å². The monoisotopic (exact) mass is 316 g/mol. The van der Waals surface area contributed by atoms with Crippen LogP contribution in [-0.2, 0) is 0 Å². The third-order valence-corrected chi connectivity index (χ3v) is 4.02. The van der Waals surface area contributed by atoms with Gasteiger partial charge in [-0.25, -0.2) is 4.68 Å². The third-order valence-electron chi connectivity index (χ3n) is 4.02. The summed E-state index contributed by atoms with van der Waals surface area (Å²) in [5.41, 5.74) is 9.21. The van der Waals surface area contributed by atoms with E-state index in [-0.39, 0.29) is 0 Å². The third kappa shape index (κ3) is 2.46. The minimum absolute atomic E-state index is 0.567. The van der Waals surface area contributed by atoms with E-state index in [0.717, 1.165) is 16.9 Å². The second kappa shape index (κ2) is 5.70. The molecule has 4 rings (SSSR count). The first kappa shape index (κ1) is 14.3. The molecule has 0 aliphatic carbocycles. The molecule has 5 nitrogen and oxygen atoms in total. The first-order chi connectivity index (χ1) is 11.7. The molecule has 0 aliphatic rings. The fourth-order valence-electron chi connectivity index (χ4n) is 2.74. The highest BCUT2D eigenvalue weighted by molar-refractivity contribution is 5.86. The molecule has 24 heavy (non-hydrogen) atoms. The highest BCUT2D eigenvalue weighted by Gasteiger charge is 2.08. The summed E-state index contributed by atoms with van der Waals surface area (Å²) in [6.45, 7) is 0. The molecule has 1 aromatic heterocycles. The van der Waals surface area contributed by atoms with Crippen molar-refractivity contribution in [1.29, 1.82) is 0 Å². The molecular weight excluding hydrogens is 300 g/mol. The van der Waals surface area contributed by atoms with Gasteiger partial charge >= 0.3 is 0 Å². The van der Waals surface area contributed by atoms with Crippen molar-refractivity contribution in [2.45, 2.75) is 0 Å². The highest BCUT2D eigenvalue weighted by atomic mass is 16.5. The molecule has 0 unspecified atom stereocenters. The van der Waals surface area contributed by atoms with E-state index in [2.05, 4.69) is 40.6 Å². The summed E-state index contributed by atoms with van der Waals surface area (Å²) >= 11 is 0. The van der Waals surface area contributed by atoms with Gasteiger partial charge in [0.1, 0.15) is 11.4 Å². The standard InChI is InChI=1S/C19H16N4O/c1-24-19-9-8-16(11-17(19)20)23-12-18(21-22-23)15-7-6-13-4-2-3-5-14(13)10-15/h2-12H,20H2,1H3. The van der Waals surface area contributed by atoms with Gasteiger partial charge in [-0.2, -0.15) is 0 Å². The van der Waals surface area contributed by atoms with E-state index in [1.54, 1.807) is 11.8 Å². The van der Waals surface area contributed by atoms with Crippen LogP contribution in [0, 0.1) is 0 Å². The van der Waals surface area contributed by atoms with E-state index in [4.69, 9.17) is 10.5 Å². The van der Waals surface area contributed by atoms with Gasteiger partial charge in [-0.05, 0) is 35.0 Å². The Morgan fingerprint density at radius 1 is 0.958 bits per heavy atom. The van der Waals surface area contributed by atoms with Crippen LogP contribution in [0.2, 0.25) is 0 Å². The largest absolute Gasteiger partial charge is 0.495 e. The number of benzene rings is 3. The van der Waals surface area contributed by atoms with Crippen LogP contribution in [0.15, 0.2) is 66.9 Å². The van der Waals surface area contributed by atoms with Crippen LogP contribution >= 0.6 is 0 Å². The molecule has 0 bridgehead atoms. The molecule has 5 heteroatoms. The van der Waals surface area contributed by atoms with Crippen molar-refractivity contribution in [3.8, 4) is 22.7 Å². The van der Waals surface area contributed by atoms with Gasteiger partial charge in [-0.3, -0.25) is 0 Å². The maximum Gasteiger partial charge on any atom is 0.141 e. The fraction of sp³-hybridized carbons (Fsp3) is 0.0526. The zero-order chi connectivity index (χ0) is 16.5. The van der Waals surface area contributed by atoms with Gasteiger partial charge in [-0.15, -0.1) is 5.10 Å². The molecule has 0 saturated heterocycles. The zero-order valence-electron chi connectivity index (χ0n) is 13.2. The van der Waals surface area contributed by atoms with Gasteiger partial charge in [0.2, 0.25) is 0 Å². The average Bonchev–Trinajstić information content (AvgIpc) is 3.11. The van der Waals surface area contributed by atoms with Crippen LogP contribution in [0.4, 0.5) is 5.69 Å². The van der Waals surface area contributed by atoms with E-state index >= 15 is 0 Å². The molecule has 3 aromatic carbocycles. The predicted molar refractivity (Wildman–Crippen MR) is 95.3 cm³/mol. The first-order valence-electron chi connectivity index (χ1n) is 7.60. The van der Waals surface area contributed by atoms with Crippen LogP contribution in [0.3, 0.4) is 0 Å². The number of ether oxygens (including phenoxy) is 1. The van der Waals surface area contributed by atoms with Gasteiger partial charge in [0.15, 0.2) is 0 Å². The number of hydrogen-bond donors (Lipinski definition) is 1. The summed E-state index contributed by atoms with van der Waals surface area (Å²) in [4.78, 5) is 0. The van der Waals surface area contributed by atoms with E-state index in [9.17, 15) is 0 Å². The number of methoxy groups -OCH3 is 1. The topological polar surface area (TPSA) is 66.0 Å². The number of aromatic nitrogens is 3. The lowest BCUT2D eigenvalue weighted by Gasteiger charge is -2.06. The highest BCUT2D eigenvalue weighted by Crippen LogP contribution is 2.26. The Hall–Kier alpha value is -3.34. The van der Waals surface area contributed by atoms with Crippen molar-refractivity contribution >= 4 is 16.5 Å². The molecule has 2 N–H and O–H groups in total. The average molecular weight is 316 g/mol. The van der Waals surface area contributed by atoms with Crippen LogP contribution in [-0.4, -0.2) is 22.1 Å². The fourth-order valence-corrected chi connectivity index (χ4v) is 2.74. The van der Waals surface area contributed by atoms with Crippen LogP contribution in [0.5, 0.6) is 5.75 Å². The molecule has 0 aliphatic heterocycles. The normalized spacial score (nSPS) is 10.9. The Morgan fingerprint density at radius 2 is 1.79 bits per heavy atom. The molecule has 0 saturated carbocycles. The van der Waals surface area contributed by atoms with E-state index in [1.165, 1.54) is 10.8 Å². The Kier molecular flexibility index (Phi) is 3.39. The van der Waals surface area contributed by atoms with Gasteiger partial charge in [0.25, 0.3) is 0 Å². The predicted octanol–water partition coefficient (Wildman–Crippen LogP) is 3.68. The molecule has 0 atom stereocenters. The molecule has 118 valence electrons. The summed E-state index contributed by atoms with van der Waals surface area (Å²) in [7, 11) is 1.60.